The summed E-state index contributed by atoms with van der Waals surface area (Å²) in [5, 5.41) is 4.68. The lowest BCUT2D eigenvalue weighted by Crippen LogP contribution is -2.41. The highest BCUT2D eigenvalue weighted by Crippen LogP contribution is 2.31. The van der Waals surface area contributed by atoms with Crippen molar-refractivity contribution in [2.75, 3.05) is 18.5 Å². The molecule has 2 N–H and O–H groups in total. The highest BCUT2D eigenvalue weighted by atomic mass is 16.6. The second-order valence-corrected chi connectivity index (χ2v) is 6.29. The molecule has 8 nitrogen and oxygen atoms in total. The standard InChI is InChI=1S/C20H20N2O6/c1-12-7-8-14(13(2)9-12)21-20(25)22-18(23)11-27-19(24)17-10-26-15-5-3-4-6-16(15)28-17/h3-9,17H,10-11H2,1-2H3,(H2,21,22,23,25)/t17-/m0/s1. The average Bonchev–Trinajstić information content (AvgIpc) is 2.68. The molecule has 1 heterocycles. The van der Waals surface area contributed by atoms with Crippen LogP contribution in [0.3, 0.4) is 0 Å². The van der Waals surface area contributed by atoms with E-state index in [1.54, 1.807) is 30.3 Å². The number of benzene rings is 2. The molecule has 0 saturated carbocycles. The monoisotopic (exact) mass is 384 g/mol. The molecule has 8 heteroatoms. The Morgan fingerprint density at radius 1 is 1.11 bits per heavy atom. The second-order valence-electron chi connectivity index (χ2n) is 6.29. The smallest absolute Gasteiger partial charge is 0.351 e. The van der Waals surface area contributed by atoms with Gasteiger partial charge in [-0.1, -0.05) is 29.8 Å². The highest BCUT2D eigenvalue weighted by molar-refractivity contribution is 6.02. The predicted molar refractivity (Wildman–Crippen MR) is 100 cm³/mol. The second kappa shape index (κ2) is 8.43. The number of imide groups is 1. The maximum Gasteiger partial charge on any atom is 0.351 e. The molecule has 0 aliphatic carbocycles. The zero-order chi connectivity index (χ0) is 20.1. The number of esters is 1. The number of aryl methyl sites for hydroxylation is 2. The molecule has 0 aromatic heterocycles. The Morgan fingerprint density at radius 2 is 1.86 bits per heavy atom. The van der Waals surface area contributed by atoms with Gasteiger partial charge in [0.1, 0.15) is 6.61 Å². The molecule has 0 fully saturated rings. The zero-order valence-electron chi connectivity index (χ0n) is 15.5. The number of hydrogen-bond donors (Lipinski definition) is 2. The minimum absolute atomic E-state index is 0.0232. The van der Waals surface area contributed by atoms with Crippen molar-refractivity contribution in [3.05, 3.63) is 53.6 Å². The third-order valence-corrected chi connectivity index (χ3v) is 4.00. The summed E-state index contributed by atoms with van der Waals surface area (Å²) in [5.41, 5.74) is 2.51. The maximum absolute atomic E-state index is 12.1. The van der Waals surface area contributed by atoms with E-state index in [0.29, 0.717) is 17.2 Å². The molecule has 2 aromatic carbocycles. The van der Waals surface area contributed by atoms with Crippen molar-refractivity contribution in [3.8, 4) is 11.5 Å². The fraction of sp³-hybridized carbons (Fsp3) is 0.250. The lowest BCUT2D eigenvalue weighted by atomic mass is 10.1. The number of hydrogen-bond acceptors (Lipinski definition) is 6. The van der Waals surface area contributed by atoms with Gasteiger partial charge in [-0.2, -0.15) is 0 Å². The summed E-state index contributed by atoms with van der Waals surface area (Å²) in [4.78, 5) is 35.8. The quantitative estimate of drug-likeness (QED) is 0.785. The van der Waals surface area contributed by atoms with Gasteiger partial charge in [0.15, 0.2) is 18.1 Å². The molecule has 0 radical (unpaired) electrons. The van der Waals surface area contributed by atoms with Crippen molar-refractivity contribution in [1.82, 2.24) is 5.32 Å². The van der Waals surface area contributed by atoms with Crippen LogP contribution in [0.2, 0.25) is 0 Å². The molecular formula is C20H20N2O6. The van der Waals surface area contributed by atoms with Gasteiger partial charge < -0.3 is 19.5 Å². The van der Waals surface area contributed by atoms with Crippen LogP contribution in [-0.2, 0) is 14.3 Å². The zero-order valence-corrected chi connectivity index (χ0v) is 15.5. The Hall–Kier alpha value is -3.55. The molecule has 0 unspecified atom stereocenters. The van der Waals surface area contributed by atoms with E-state index in [4.69, 9.17) is 14.2 Å². The molecule has 0 bridgehead atoms. The van der Waals surface area contributed by atoms with Crippen LogP contribution in [-0.4, -0.2) is 37.2 Å². The Bertz CT molecular complexity index is 911. The van der Waals surface area contributed by atoms with E-state index in [2.05, 4.69) is 10.6 Å². The summed E-state index contributed by atoms with van der Waals surface area (Å²) in [7, 11) is 0. The molecule has 3 amide bonds. The van der Waals surface area contributed by atoms with E-state index in [0.717, 1.165) is 11.1 Å². The van der Waals surface area contributed by atoms with Gasteiger partial charge in [0.25, 0.3) is 5.91 Å². The number of ether oxygens (including phenoxy) is 3. The van der Waals surface area contributed by atoms with Gasteiger partial charge in [-0.15, -0.1) is 0 Å². The largest absolute Gasteiger partial charge is 0.485 e. The number of amides is 3. The Labute approximate surface area is 161 Å². The summed E-state index contributed by atoms with van der Waals surface area (Å²) in [6.45, 7) is 3.15. The first kappa shape index (κ1) is 19.2. The van der Waals surface area contributed by atoms with Crippen LogP contribution in [0.25, 0.3) is 0 Å². The maximum atomic E-state index is 12.1. The third-order valence-electron chi connectivity index (χ3n) is 4.00. The molecule has 0 saturated heterocycles. The van der Waals surface area contributed by atoms with Crippen molar-refractivity contribution in [2.45, 2.75) is 20.0 Å². The van der Waals surface area contributed by atoms with E-state index in [1.165, 1.54) is 0 Å². The van der Waals surface area contributed by atoms with E-state index in [-0.39, 0.29) is 6.61 Å². The van der Waals surface area contributed by atoms with Crippen LogP contribution < -0.4 is 20.1 Å². The SMILES string of the molecule is Cc1ccc(NC(=O)NC(=O)COC(=O)[C@@H]2COc3ccccc3O2)c(C)c1. The number of urea groups is 1. The molecule has 0 spiro atoms. The van der Waals surface area contributed by atoms with Gasteiger partial charge in [-0.25, -0.2) is 9.59 Å². The first-order valence-electron chi connectivity index (χ1n) is 8.65. The van der Waals surface area contributed by atoms with Crippen LogP contribution in [0.15, 0.2) is 42.5 Å². The normalized spacial score (nSPS) is 14.7. The average molecular weight is 384 g/mol. The molecule has 3 rings (SSSR count). The van der Waals surface area contributed by atoms with E-state index in [9.17, 15) is 14.4 Å². The minimum Gasteiger partial charge on any atom is -0.485 e. The van der Waals surface area contributed by atoms with Gasteiger partial charge in [0.05, 0.1) is 0 Å². The summed E-state index contributed by atoms with van der Waals surface area (Å²) in [6.07, 6.45) is -0.980. The highest BCUT2D eigenvalue weighted by Gasteiger charge is 2.29. The van der Waals surface area contributed by atoms with Crippen LogP contribution in [0.4, 0.5) is 10.5 Å². The number of carbonyl (C=O) groups is 3. The lowest BCUT2D eigenvalue weighted by Gasteiger charge is -2.24. The van der Waals surface area contributed by atoms with Crippen LogP contribution >= 0.6 is 0 Å². The third kappa shape index (κ3) is 4.79. The van der Waals surface area contributed by atoms with Gasteiger partial charge in [0, 0.05) is 5.69 Å². The van der Waals surface area contributed by atoms with Crippen LogP contribution in [0.5, 0.6) is 11.5 Å². The van der Waals surface area contributed by atoms with Gasteiger partial charge in [-0.3, -0.25) is 10.1 Å². The van der Waals surface area contributed by atoms with Gasteiger partial charge in [-0.05, 0) is 37.6 Å². The van der Waals surface area contributed by atoms with Crippen molar-refractivity contribution in [1.29, 1.82) is 0 Å². The van der Waals surface area contributed by atoms with Crippen molar-refractivity contribution in [3.63, 3.8) is 0 Å². The van der Waals surface area contributed by atoms with Gasteiger partial charge >= 0.3 is 12.0 Å². The molecule has 2 aromatic rings. The molecular weight excluding hydrogens is 364 g/mol. The number of fused-ring (bicyclic) bond motifs is 1. The Balaban J connectivity index is 1.45. The predicted octanol–water partition coefficient (Wildman–Crippen LogP) is 2.33. The number of rotatable bonds is 4. The van der Waals surface area contributed by atoms with E-state index in [1.807, 2.05) is 26.0 Å². The molecule has 1 aliphatic heterocycles. The van der Waals surface area contributed by atoms with Crippen molar-refractivity contribution in [2.24, 2.45) is 0 Å². The Kier molecular flexibility index (Phi) is 5.78. The van der Waals surface area contributed by atoms with E-state index >= 15 is 0 Å². The number of para-hydroxylation sites is 2. The fourth-order valence-electron chi connectivity index (χ4n) is 2.64. The topological polar surface area (TPSA) is 103 Å². The summed E-state index contributed by atoms with van der Waals surface area (Å²) >= 11 is 0. The number of anilines is 1. The molecule has 1 aliphatic rings. The fourth-order valence-corrected chi connectivity index (χ4v) is 2.64. The molecule has 28 heavy (non-hydrogen) atoms. The van der Waals surface area contributed by atoms with E-state index < -0.39 is 30.6 Å². The van der Waals surface area contributed by atoms with Crippen LogP contribution in [0, 0.1) is 13.8 Å². The lowest BCUT2D eigenvalue weighted by molar-refractivity contribution is -0.157. The first-order valence-corrected chi connectivity index (χ1v) is 8.65. The first-order chi connectivity index (χ1) is 13.4. The number of carbonyl (C=O) groups excluding carboxylic acids is 3. The molecule has 1 atom stereocenters. The van der Waals surface area contributed by atoms with Gasteiger partial charge in [0.2, 0.25) is 6.10 Å². The molecule has 146 valence electrons. The Morgan fingerprint density at radius 3 is 2.61 bits per heavy atom. The van der Waals surface area contributed by atoms with Crippen molar-refractivity contribution >= 4 is 23.6 Å². The summed E-state index contributed by atoms with van der Waals surface area (Å²) in [5.74, 6) is -0.549. The van der Waals surface area contributed by atoms with Crippen molar-refractivity contribution < 1.29 is 28.6 Å². The minimum atomic E-state index is -0.980. The summed E-state index contributed by atoms with van der Waals surface area (Å²) < 4.78 is 15.8. The number of nitrogens with one attached hydrogen (secondary N) is 2. The summed E-state index contributed by atoms with van der Waals surface area (Å²) in [6, 6.07) is 11.7. The van der Waals surface area contributed by atoms with Crippen LogP contribution in [0.1, 0.15) is 11.1 Å².